The smallest absolute Gasteiger partial charge is 0.290 e. The molecule has 0 aliphatic heterocycles. The highest BCUT2D eigenvalue weighted by atomic mass is 16.6. The largest absolute Gasteiger partial charge is 0.346 e. The molecule has 4 heteroatoms. The Hall–Kier alpha value is -1.32. The van der Waals surface area contributed by atoms with Crippen LogP contribution in [0.25, 0.3) is 0 Å². The Labute approximate surface area is 77.3 Å². The summed E-state index contributed by atoms with van der Waals surface area (Å²) in [7, 11) is 0. The number of aryl methyl sites for hydroxylation is 1. The molecule has 0 bridgehead atoms. The van der Waals surface area contributed by atoms with E-state index in [4.69, 9.17) is 0 Å². The van der Waals surface area contributed by atoms with Crippen LogP contribution >= 0.6 is 0 Å². The Kier molecular flexibility index (Phi) is 3.06. The van der Waals surface area contributed by atoms with Gasteiger partial charge in [0.05, 0.1) is 10.6 Å². The minimum absolute atomic E-state index is 0.246. The fourth-order valence-electron chi connectivity index (χ4n) is 1.49. The van der Waals surface area contributed by atoms with Gasteiger partial charge in [-0.2, -0.15) is 0 Å². The molecule has 0 unspecified atom stereocenters. The predicted octanol–water partition coefficient (Wildman–Crippen LogP) is 2.37. The van der Waals surface area contributed by atoms with E-state index in [9.17, 15) is 10.1 Å². The van der Waals surface area contributed by atoms with Crippen molar-refractivity contribution in [3.63, 3.8) is 0 Å². The lowest BCUT2D eigenvalue weighted by Crippen LogP contribution is -2.02. The number of nitrogens with zero attached hydrogens (tertiary/aromatic N) is 2. The molecule has 0 saturated heterocycles. The molecular weight excluding hydrogens is 168 g/mol. The summed E-state index contributed by atoms with van der Waals surface area (Å²) in [5.74, 6) is 0. The lowest BCUT2D eigenvalue weighted by atomic mass is 10.3. The van der Waals surface area contributed by atoms with Crippen molar-refractivity contribution in [2.45, 2.75) is 33.2 Å². The van der Waals surface area contributed by atoms with Gasteiger partial charge in [-0.15, -0.1) is 0 Å². The van der Waals surface area contributed by atoms with Gasteiger partial charge in [-0.1, -0.05) is 13.8 Å². The molecule has 0 N–H and O–H groups in total. The second-order valence-electron chi connectivity index (χ2n) is 2.95. The van der Waals surface area contributed by atoms with Crippen molar-refractivity contribution in [1.82, 2.24) is 4.57 Å². The maximum atomic E-state index is 10.6. The Morgan fingerprint density at radius 3 is 2.69 bits per heavy atom. The summed E-state index contributed by atoms with van der Waals surface area (Å²) < 4.78 is 1.96. The quantitative estimate of drug-likeness (QED) is 0.530. The first-order chi connectivity index (χ1) is 6.20. The number of nitro groups is 1. The van der Waals surface area contributed by atoms with Crippen LogP contribution in [0.3, 0.4) is 0 Å². The molecule has 0 radical (unpaired) electrons. The second kappa shape index (κ2) is 4.07. The molecular formula is C9H14N2O2. The van der Waals surface area contributed by atoms with Gasteiger partial charge in [-0.25, -0.2) is 0 Å². The molecule has 0 atom stereocenters. The molecule has 0 aliphatic carbocycles. The number of hydrogen-bond donors (Lipinski definition) is 0. The van der Waals surface area contributed by atoms with Crippen LogP contribution in [0.2, 0.25) is 0 Å². The molecule has 0 saturated carbocycles. The standard InChI is InChI=1S/C9H14N2O2/c1-3-6-10-7-5-9(11(12)13)8(10)4-2/h5,7H,3-4,6H2,1-2H3. The SMILES string of the molecule is CCCn1ccc([N+](=O)[O-])c1CC. The number of hydrogen-bond acceptors (Lipinski definition) is 2. The topological polar surface area (TPSA) is 48.1 Å². The Morgan fingerprint density at radius 1 is 1.54 bits per heavy atom. The Balaban J connectivity index is 3.03. The van der Waals surface area contributed by atoms with E-state index in [-0.39, 0.29) is 10.6 Å². The molecule has 4 nitrogen and oxygen atoms in total. The van der Waals surface area contributed by atoms with Crippen molar-refractivity contribution in [2.75, 3.05) is 0 Å². The molecule has 1 heterocycles. The van der Waals surface area contributed by atoms with Crippen LogP contribution < -0.4 is 0 Å². The van der Waals surface area contributed by atoms with E-state index in [0.29, 0.717) is 6.42 Å². The van der Waals surface area contributed by atoms with Crippen LogP contribution in [0.1, 0.15) is 26.0 Å². The van der Waals surface area contributed by atoms with Crippen LogP contribution in [0.15, 0.2) is 12.3 Å². The fourth-order valence-corrected chi connectivity index (χ4v) is 1.49. The first-order valence-electron chi connectivity index (χ1n) is 4.53. The van der Waals surface area contributed by atoms with Crippen LogP contribution in [-0.2, 0) is 13.0 Å². The molecule has 0 spiro atoms. The number of aromatic nitrogens is 1. The average Bonchev–Trinajstić information content (AvgIpc) is 2.48. The first-order valence-corrected chi connectivity index (χ1v) is 4.53. The average molecular weight is 182 g/mol. The van der Waals surface area contributed by atoms with Gasteiger partial charge in [0.25, 0.3) is 5.69 Å². The van der Waals surface area contributed by atoms with Crippen molar-refractivity contribution in [2.24, 2.45) is 0 Å². The monoisotopic (exact) mass is 182 g/mol. The third-order valence-corrected chi connectivity index (χ3v) is 2.05. The highest BCUT2D eigenvalue weighted by molar-refractivity contribution is 5.36. The minimum atomic E-state index is -0.314. The lowest BCUT2D eigenvalue weighted by molar-refractivity contribution is -0.385. The minimum Gasteiger partial charge on any atom is -0.346 e. The zero-order valence-electron chi connectivity index (χ0n) is 7.99. The van der Waals surface area contributed by atoms with E-state index in [2.05, 4.69) is 6.92 Å². The summed E-state index contributed by atoms with van der Waals surface area (Å²) in [6.45, 7) is 4.86. The summed E-state index contributed by atoms with van der Waals surface area (Å²) in [4.78, 5) is 10.3. The van der Waals surface area contributed by atoms with Crippen LogP contribution in [0.4, 0.5) is 5.69 Å². The maximum absolute atomic E-state index is 10.6. The lowest BCUT2D eigenvalue weighted by Gasteiger charge is -2.03. The Bertz CT molecular complexity index is 305. The van der Waals surface area contributed by atoms with E-state index in [1.54, 1.807) is 12.3 Å². The summed E-state index contributed by atoms with van der Waals surface area (Å²) in [5, 5.41) is 10.6. The van der Waals surface area contributed by atoms with Gasteiger partial charge >= 0.3 is 0 Å². The molecule has 13 heavy (non-hydrogen) atoms. The van der Waals surface area contributed by atoms with Crippen molar-refractivity contribution in [3.05, 3.63) is 28.1 Å². The van der Waals surface area contributed by atoms with Crippen molar-refractivity contribution in [3.8, 4) is 0 Å². The van der Waals surface area contributed by atoms with Gasteiger partial charge in [-0.05, 0) is 12.8 Å². The first kappa shape index (κ1) is 9.77. The van der Waals surface area contributed by atoms with Gasteiger partial charge in [0.2, 0.25) is 0 Å². The zero-order chi connectivity index (χ0) is 9.84. The highest BCUT2D eigenvalue weighted by Crippen LogP contribution is 2.20. The maximum Gasteiger partial charge on any atom is 0.290 e. The highest BCUT2D eigenvalue weighted by Gasteiger charge is 2.15. The molecule has 0 aliphatic rings. The van der Waals surface area contributed by atoms with Gasteiger partial charge in [-0.3, -0.25) is 10.1 Å². The molecule has 1 rings (SSSR count). The molecule has 1 aromatic heterocycles. The van der Waals surface area contributed by atoms with Gasteiger partial charge in [0, 0.05) is 18.8 Å². The molecule has 72 valence electrons. The normalized spacial score (nSPS) is 10.3. The van der Waals surface area contributed by atoms with Crippen molar-refractivity contribution in [1.29, 1.82) is 0 Å². The third-order valence-electron chi connectivity index (χ3n) is 2.05. The molecule has 0 aromatic carbocycles. The van der Waals surface area contributed by atoms with E-state index in [0.717, 1.165) is 18.7 Å². The fraction of sp³-hybridized carbons (Fsp3) is 0.556. The van der Waals surface area contributed by atoms with Crippen molar-refractivity contribution >= 4 is 5.69 Å². The van der Waals surface area contributed by atoms with Crippen LogP contribution in [0.5, 0.6) is 0 Å². The van der Waals surface area contributed by atoms with E-state index in [1.165, 1.54) is 0 Å². The molecule has 0 fully saturated rings. The summed E-state index contributed by atoms with van der Waals surface area (Å²) in [6, 6.07) is 1.58. The Morgan fingerprint density at radius 2 is 2.23 bits per heavy atom. The number of rotatable bonds is 4. The van der Waals surface area contributed by atoms with Crippen LogP contribution in [-0.4, -0.2) is 9.49 Å². The molecule has 0 amide bonds. The third kappa shape index (κ3) is 1.88. The van der Waals surface area contributed by atoms with E-state index in [1.807, 2.05) is 11.5 Å². The molecule has 1 aromatic rings. The van der Waals surface area contributed by atoms with E-state index >= 15 is 0 Å². The van der Waals surface area contributed by atoms with E-state index < -0.39 is 0 Å². The summed E-state index contributed by atoms with van der Waals surface area (Å²) in [5.41, 5.74) is 1.07. The second-order valence-corrected chi connectivity index (χ2v) is 2.95. The summed E-state index contributed by atoms with van der Waals surface area (Å²) in [6.07, 6.45) is 3.50. The zero-order valence-corrected chi connectivity index (χ0v) is 7.99. The van der Waals surface area contributed by atoms with Gasteiger partial charge < -0.3 is 4.57 Å². The van der Waals surface area contributed by atoms with Crippen molar-refractivity contribution < 1.29 is 4.92 Å². The van der Waals surface area contributed by atoms with Crippen LogP contribution in [0, 0.1) is 10.1 Å². The summed E-state index contributed by atoms with van der Waals surface area (Å²) >= 11 is 0. The van der Waals surface area contributed by atoms with Gasteiger partial charge in [0.15, 0.2) is 0 Å². The van der Waals surface area contributed by atoms with Gasteiger partial charge in [0.1, 0.15) is 0 Å². The predicted molar refractivity (Wildman–Crippen MR) is 50.8 cm³/mol.